The molecule has 3 nitrogen and oxygen atoms in total. The summed E-state index contributed by atoms with van der Waals surface area (Å²) in [5.41, 5.74) is 1.77. The molecule has 0 aliphatic heterocycles. The Kier molecular flexibility index (Phi) is 2.19. The number of pyridine rings is 1. The summed E-state index contributed by atoms with van der Waals surface area (Å²) < 4.78 is 2.13. The van der Waals surface area contributed by atoms with Gasteiger partial charge in [0, 0.05) is 12.2 Å². The molecular weight excluding hydrogens is 198 g/mol. The fourth-order valence-corrected chi connectivity index (χ4v) is 1.87. The van der Waals surface area contributed by atoms with Gasteiger partial charge in [0.25, 0.3) is 0 Å². The van der Waals surface area contributed by atoms with E-state index >= 15 is 0 Å². The van der Waals surface area contributed by atoms with Crippen molar-refractivity contribution in [2.75, 3.05) is 0 Å². The fraction of sp³-hybridized carbons (Fsp3) is 0.400. The highest BCUT2D eigenvalue weighted by Crippen LogP contribution is 2.21. The highest BCUT2D eigenvalue weighted by Gasteiger charge is 2.10. The minimum absolute atomic E-state index is 0.375. The van der Waals surface area contributed by atoms with Crippen LogP contribution in [0.1, 0.15) is 25.7 Å². The maximum absolute atomic E-state index is 5.90. The number of aromatic nitrogens is 3. The van der Waals surface area contributed by atoms with Crippen LogP contribution in [0.3, 0.4) is 0 Å². The number of imidazole rings is 1. The predicted molar refractivity (Wildman–Crippen MR) is 57.7 cm³/mol. The van der Waals surface area contributed by atoms with Crippen molar-refractivity contribution in [1.82, 2.24) is 14.5 Å². The standard InChI is InChI=1S/C10H12ClN3/c1-6(2)14-7(3)13-10-9(14)4-8(11)5-12-10/h4-6H,1-3H3. The molecule has 2 heterocycles. The number of hydrogen-bond acceptors (Lipinski definition) is 2. The normalized spacial score (nSPS) is 11.5. The quantitative estimate of drug-likeness (QED) is 0.723. The summed E-state index contributed by atoms with van der Waals surface area (Å²) in [4.78, 5) is 8.55. The molecule has 74 valence electrons. The Balaban J connectivity index is 2.79. The lowest BCUT2D eigenvalue weighted by atomic mass is 10.3. The van der Waals surface area contributed by atoms with Gasteiger partial charge in [-0.3, -0.25) is 0 Å². The number of fused-ring (bicyclic) bond motifs is 1. The molecule has 0 saturated heterocycles. The minimum atomic E-state index is 0.375. The zero-order chi connectivity index (χ0) is 10.3. The van der Waals surface area contributed by atoms with Crippen molar-refractivity contribution in [1.29, 1.82) is 0 Å². The van der Waals surface area contributed by atoms with Gasteiger partial charge in [-0.15, -0.1) is 0 Å². The molecule has 2 rings (SSSR count). The molecule has 0 bridgehead atoms. The molecule has 0 N–H and O–H groups in total. The third-order valence-corrected chi connectivity index (χ3v) is 2.41. The van der Waals surface area contributed by atoms with Crippen LogP contribution >= 0.6 is 11.6 Å². The van der Waals surface area contributed by atoms with E-state index in [-0.39, 0.29) is 0 Å². The molecule has 2 aromatic heterocycles. The van der Waals surface area contributed by atoms with E-state index in [0.29, 0.717) is 11.1 Å². The van der Waals surface area contributed by atoms with Gasteiger partial charge in [-0.2, -0.15) is 0 Å². The second kappa shape index (κ2) is 3.24. The van der Waals surface area contributed by atoms with Crippen molar-refractivity contribution in [2.24, 2.45) is 0 Å². The van der Waals surface area contributed by atoms with Crippen LogP contribution in [0.2, 0.25) is 5.02 Å². The van der Waals surface area contributed by atoms with Crippen LogP contribution in [0, 0.1) is 6.92 Å². The molecule has 0 atom stereocenters. The van der Waals surface area contributed by atoms with E-state index in [0.717, 1.165) is 17.0 Å². The fourth-order valence-electron chi connectivity index (χ4n) is 1.72. The molecule has 14 heavy (non-hydrogen) atoms. The topological polar surface area (TPSA) is 30.7 Å². The largest absolute Gasteiger partial charge is 0.324 e. The van der Waals surface area contributed by atoms with Crippen molar-refractivity contribution >= 4 is 22.8 Å². The van der Waals surface area contributed by atoms with Gasteiger partial charge in [0.1, 0.15) is 5.82 Å². The summed E-state index contributed by atoms with van der Waals surface area (Å²) in [5, 5.41) is 0.652. The first-order valence-corrected chi connectivity index (χ1v) is 4.97. The summed E-state index contributed by atoms with van der Waals surface area (Å²) >= 11 is 5.90. The first kappa shape index (κ1) is 9.46. The van der Waals surface area contributed by atoms with Crippen LogP contribution in [0.4, 0.5) is 0 Å². The Morgan fingerprint density at radius 3 is 2.79 bits per heavy atom. The Morgan fingerprint density at radius 1 is 1.43 bits per heavy atom. The SMILES string of the molecule is Cc1nc2ncc(Cl)cc2n1C(C)C. The van der Waals surface area contributed by atoms with E-state index in [2.05, 4.69) is 28.4 Å². The zero-order valence-corrected chi connectivity index (χ0v) is 9.21. The second-order valence-corrected chi connectivity index (χ2v) is 4.06. The molecule has 0 unspecified atom stereocenters. The number of nitrogens with zero attached hydrogens (tertiary/aromatic N) is 3. The average Bonchev–Trinajstić information content (AvgIpc) is 2.40. The van der Waals surface area contributed by atoms with Gasteiger partial charge in [0.2, 0.25) is 0 Å². The third-order valence-electron chi connectivity index (χ3n) is 2.21. The van der Waals surface area contributed by atoms with Crippen LogP contribution < -0.4 is 0 Å². The molecule has 0 radical (unpaired) electrons. The van der Waals surface area contributed by atoms with Crippen molar-refractivity contribution in [3.63, 3.8) is 0 Å². The zero-order valence-electron chi connectivity index (χ0n) is 8.45. The smallest absolute Gasteiger partial charge is 0.177 e. The van der Waals surface area contributed by atoms with Gasteiger partial charge in [-0.1, -0.05) is 11.6 Å². The van der Waals surface area contributed by atoms with Gasteiger partial charge in [0.05, 0.1) is 10.5 Å². The average molecular weight is 210 g/mol. The number of rotatable bonds is 1. The lowest BCUT2D eigenvalue weighted by Gasteiger charge is -2.10. The highest BCUT2D eigenvalue weighted by atomic mass is 35.5. The van der Waals surface area contributed by atoms with Gasteiger partial charge in [0.15, 0.2) is 5.65 Å². The predicted octanol–water partition coefficient (Wildman–Crippen LogP) is 2.97. The molecule has 2 aromatic rings. The summed E-state index contributed by atoms with van der Waals surface area (Å²) in [6.07, 6.45) is 1.63. The molecule has 0 fully saturated rings. The van der Waals surface area contributed by atoms with E-state index in [4.69, 9.17) is 11.6 Å². The highest BCUT2D eigenvalue weighted by molar-refractivity contribution is 6.31. The third kappa shape index (κ3) is 1.38. The monoisotopic (exact) mass is 209 g/mol. The number of halogens is 1. The molecule has 0 aliphatic rings. The maximum Gasteiger partial charge on any atom is 0.177 e. The van der Waals surface area contributed by atoms with Gasteiger partial charge < -0.3 is 4.57 Å². The van der Waals surface area contributed by atoms with E-state index in [9.17, 15) is 0 Å². The van der Waals surface area contributed by atoms with Crippen LogP contribution in [-0.2, 0) is 0 Å². The van der Waals surface area contributed by atoms with Crippen LogP contribution in [-0.4, -0.2) is 14.5 Å². The first-order chi connectivity index (χ1) is 6.59. The van der Waals surface area contributed by atoms with Gasteiger partial charge in [-0.25, -0.2) is 9.97 Å². The maximum atomic E-state index is 5.90. The summed E-state index contributed by atoms with van der Waals surface area (Å²) in [7, 11) is 0. The van der Waals surface area contributed by atoms with Crippen LogP contribution in [0.5, 0.6) is 0 Å². The van der Waals surface area contributed by atoms with E-state index in [1.165, 1.54) is 0 Å². The lowest BCUT2D eigenvalue weighted by molar-refractivity contribution is 0.600. The molecule has 0 amide bonds. The van der Waals surface area contributed by atoms with E-state index < -0.39 is 0 Å². The molecule has 0 aliphatic carbocycles. The van der Waals surface area contributed by atoms with Crippen molar-refractivity contribution < 1.29 is 0 Å². The first-order valence-electron chi connectivity index (χ1n) is 4.59. The second-order valence-electron chi connectivity index (χ2n) is 3.62. The van der Waals surface area contributed by atoms with Crippen molar-refractivity contribution in [3.05, 3.63) is 23.1 Å². The van der Waals surface area contributed by atoms with E-state index in [1.54, 1.807) is 6.20 Å². The Labute approximate surface area is 87.7 Å². The van der Waals surface area contributed by atoms with Gasteiger partial charge >= 0.3 is 0 Å². The lowest BCUT2D eigenvalue weighted by Crippen LogP contribution is -2.02. The Hall–Kier alpha value is -1.09. The van der Waals surface area contributed by atoms with Gasteiger partial charge in [-0.05, 0) is 26.8 Å². The van der Waals surface area contributed by atoms with E-state index in [1.807, 2.05) is 13.0 Å². The molecular formula is C10H12ClN3. The Morgan fingerprint density at radius 2 is 2.14 bits per heavy atom. The molecule has 4 heteroatoms. The number of hydrogen-bond donors (Lipinski definition) is 0. The molecule has 0 saturated carbocycles. The minimum Gasteiger partial charge on any atom is -0.324 e. The Bertz CT molecular complexity index is 473. The molecule has 0 spiro atoms. The van der Waals surface area contributed by atoms with Crippen molar-refractivity contribution in [2.45, 2.75) is 26.8 Å². The summed E-state index contributed by atoms with van der Waals surface area (Å²) in [6, 6.07) is 2.28. The van der Waals surface area contributed by atoms with Crippen LogP contribution in [0.15, 0.2) is 12.3 Å². The van der Waals surface area contributed by atoms with Crippen LogP contribution in [0.25, 0.3) is 11.2 Å². The summed E-state index contributed by atoms with van der Waals surface area (Å²) in [5.74, 6) is 0.977. The molecule has 0 aromatic carbocycles. The van der Waals surface area contributed by atoms with Crippen molar-refractivity contribution in [3.8, 4) is 0 Å². The summed E-state index contributed by atoms with van der Waals surface area (Å²) in [6.45, 7) is 6.22. The number of aryl methyl sites for hydroxylation is 1.